The lowest BCUT2D eigenvalue weighted by atomic mass is 10.1. The van der Waals surface area contributed by atoms with E-state index in [1.807, 2.05) is 17.4 Å². The first-order chi connectivity index (χ1) is 8.83. The molecule has 1 aliphatic carbocycles. The van der Waals surface area contributed by atoms with Crippen molar-refractivity contribution >= 4 is 11.3 Å². The van der Waals surface area contributed by atoms with Crippen LogP contribution in [0.25, 0.3) is 11.3 Å². The summed E-state index contributed by atoms with van der Waals surface area (Å²) in [7, 11) is 0. The van der Waals surface area contributed by atoms with Crippen LogP contribution in [0.4, 0.5) is 0 Å². The fraction of sp³-hybridized carbons (Fsp3) is 0.400. The van der Waals surface area contributed by atoms with Gasteiger partial charge < -0.3 is 5.32 Å². The maximum Gasteiger partial charge on any atom is 0.107 e. The number of nitrogens with one attached hydrogen (secondary N) is 1. The van der Waals surface area contributed by atoms with Gasteiger partial charge in [-0.15, -0.1) is 11.3 Å². The molecule has 1 heterocycles. The van der Waals surface area contributed by atoms with Gasteiger partial charge in [-0.2, -0.15) is 0 Å². The Kier molecular flexibility index (Phi) is 3.43. The zero-order chi connectivity index (χ0) is 12.4. The molecule has 0 saturated heterocycles. The number of benzene rings is 1. The van der Waals surface area contributed by atoms with Gasteiger partial charge in [-0.3, -0.25) is 0 Å². The predicted molar refractivity (Wildman–Crippen MR) is 76.7 cm³/mol. The fourth-order valence-electron chi connectivity index (χ4n) is 2.10. The number of thiazole rings is 1. The zero-order valence-corrected chi connectivity index (χ0v) is 11.5. The lowest BCUT2D eigenvalue weighted by Gasteiger charge is -1.99. The molecule has 0 unspecified atom stereocenters. The summed E-state index contributed by atoms with van der Waals surface area (Å²) >= 11 is 1.81. The van der Waals surface area contributed by atoms with Crippen LogP contribution in [-0.4, -0.2) is 11.5 Å². The number of hydrogen-bond acceptors (Lipinski definition) is 3. The van der Waals surface area contributed by atoms with E-state index in [1.54, 1.807) is 0 Å². The summed E-state index contributed by atoms with van der Waals surface area (Å²) in [6.07, 6.45) is 2.80. The van der Waals surface area contributed by atoms with E-state index in [9.17, 15) is 0 Å². The summed E-state index contributed by atoms with van der Waals surface area (Å²) in [5.41, 5.74) is 2.36. The molecule has 0 spiro atoms. The molecular formula is C15H18N2S. The van der Waals surface area contributed by atoms with Crippen molar-refractivity contribution in [2.24, 2.45) is 5.92 Å². The summed E-state index contributed by atoms with van der Waals surface area (Å²) in [4.78, 5) is 6.06. The Labute approximate surface area is 112 Å². The molecule has 94 valence electrons. The van der Waals surface area contributed by atoms with Gasteiger partial charge in [0.2, 0.25) is 0 Å². The number of hydrogen-bond donors (Lipinski definition) is 1. The molecule has 2 aromatic rings. The molecule has 0 radical (unpaired) electrons. The molecule has 2 nitrogen and oxygen atoms in total. The van der Waals surface area contributed by atoms with Crippen molar-refractivity contribution in [3.05, 3.63) is 40.2 Å². The Balaban J connectivity index is 1.69. The van der Waals surface area contributed by atoms with Crippen molar-refractivity contribution in [2.75, 3.05) is 6.54 Å². The van der Waals surface area contributed by atoms with Crippen LogP contribution in [0, 0.1) is 12.8 Å². The summed E-state index contributed by atoms with van der Waals surface area (Å²) in [5, 5.41) is 4.70. The Hall–Kier alpha value is -1.19. The SMILES string of the molecule is Cc1sc(CNCC2CC2)nc1-c1ccccc1. The van der Waals surface area contributed by atoms with E-state index in [4.69, 9.17) is 4.98 Å². The van der Waals surface area contributed by atoms with Crippen molar-refractivity contribution in [2.45, 2.75) is 26.3 Å². The quantitative estimate of drug-likeness (QED) is 0.886. The van der Waals surface area contributed by atoms with Gasteiger partial charge in [0.1, 0.15) is 5.01 Å². The van der Waals surface area contributed by atoms with Crippen LogP contribution in [0.15, 0.2) is 30.3 Å². The normalized spacial score (nSPS) is 14.9. The molecule has 0 atom stereocenters. The van der Waals surface area contributed by atoms with Crippen molar-refractivity contribution < 1.29 is 0 Å². The average Bonchev–Trinajstić information content (AvgIpc) is 3.13. The van der Waals surface area contributed by atoms with Crippen molar-refractivity contribution in [3.63, 3.8) is 0 Å². The Morgan fingerprint density at radius 1 is 1.28 bits per heavy atom. The van der Waals surface area contributed by atoms with E-state index < -0.39 is 0 Å². The molecule has 1 fully saturated rings. The molecule has 1 aromatic carbocycles. The Bertz CT molecular complexity index is 515. The summed E-state index contributed by atoms with van der Waals surface area (Å²) in [6, 6.07) is 10.4. The molecular weight excluding hydrogens is 240 g/mol. The summed E-state index contributed by atoms with van der Waals surface area (Å²) in [6.45, 7) is 4.22. The maximum absolute atomic E-state index is 4.75. The van der Waals surface area contributed by atoms with E-state index in [1.165, 1.54) is 28.3 Å². The second-order valence-corrected chi connectivity index (χ2v) is 6.24. The third-order valence-electron chi connectivity index (χ3n) is 3.29. The highest BCUT2D eigenvalue weighted by Gasteiger charge is 2.20. The van der Waals surface area contributed by atoms with Crippen LogP contribution in [0.5, 0.6) is 0 Å². The standard InChI is InChI=1S/C15H18N2S/c1-11-15(13-5-3-2-4-6-13)17-14(18-11)10-16-9-12-7-8-12/h2-6,12,16H,7-10H2,1H3. The third kappa shape index (κ3) is 2.79. The first-order valence-corrected chi connectivity index (χ1v) is 7.37. The van der Waals surface area contributed by atoms with E-state index in [-0.39, 0.29) is 0 Å². The number of nitrogens with zero attached hydrogens (tertiary/aromatic N) is 1. The minimum absolute atomic E-state index is 0.912. The first kappa shape index (κ1) is 11.9. The van der Waals surface area contributed by atoms with Gasteiger partial charge in [0, 0.05) is 17.0 Å². The monoisotopic (exact) mass is 258 g/mol. The molecule has 0 bridgehead atoms. The van der Waals surface area contributed by atoms with Crippen LogP contribution in [0.2, 0.25) is 0 Å². The Morgan fingerprint density at radius 2 is 2.06 bits per heavy atom. The minimum Gasteiger partial charge on any atom is -0.310 e. The van der Waals surface area contributed by atoms with Gasteiger partial charge in [-0.1, -0.05) is 30.3 Å². The van der Waals surface area contributed by atoms with Gasteiger partial charge in [0.05, 0.1) is 5.69 Å². The third-order valence-corrected chi connectivity index (χ3v) is 4.27. The van der Waals surface area contributed by atoms with E-state index >= 15 is 0 Å². The highest BCUT2D eigenvalue weighted by atomic mass is 32.1. The van der Waals surface area contributed by atoms with Crippen LogP contribution in [0.1, 0.15) is 22.7 Å². The predicted octanol–water partition coefficient (Wildman–Crippen LogP) is 3.62. The number of aryl methyl sites for hydroxylation is 1. The van der Waals surface area contributed by atoms with Crippen LogP contribution in [-0.2, 0) is 6.54 Å². The molecule has 0 aliphatic heterocycles. The molecule has 3 heteroatoms. The smallest absolute Gasteiger partial charge is 0.107 e. The molecule has 1 aromatic heterocycles. The van der Waals surface area contributed by atoms with Gasteiger partial charge in [-0.25, -0.2) is 4.98 Å². The highest BCUT2D eigenvalue weighted by Crippen LogP contribution is 2.29. The maximum atomic E-state index is 4.75. The minimum atomic E-state index is 0.912. The fourth-order valence-corrected chi connectivity index (χ4v) is 3.02. The van der Waals surface area contributed by atoms with Crippen molar-refractivity contribution in [1.82, 2.24) is 10.3 Å². The van der Waals surface area contributed by atoms with Crippen molar-refractivity contribution in [1.29, 1.82) is 0 Å². The lowest BCUT2D eigenvalue weighted by molar-refractivity contribution is 0.637. The summed E-state index contributed by atoms with van der Waals surface area (Å²) in [5.74, 6) is 0.930. The second kappa shape index (κ2) is 5.21. The van der Waals surface area contributed by atoms with Gasteiger partial charge in [-0.05, 0) is 32.2 Å². The number of aromatic nitrogens is 1. The van der Waals surface area contributed by atoms with Crippen LogP contribution >= 0.6 is 11.3 Å². The molecule has 1 saturated carbocycles. The van der Waals surface area contributed by atoms with Gasteiger partial charge in [0.25, 0.3) is 0 Å². The molecule has 0 amide bonds. The average molecular weight is 258 g/mol. The highest BCUT2D eigenvalue weighted by molar-refractivity contribution is 7.12. The van der Waals surface area contributed by atoms with Crippen molar-refractivity contribution in [3.8, 4) is 11.3 Å². The van der Waals surface area contributed by atoms with E-state index in [2.05, 4.69) is 36.5 Å². The Morgan fingerprint density at radius 3 is 2.78 bits per heavy atom. The molecule has 18 heavy (non-hydrogen) atoms. The van der Waals surface area contributed by atoms with Gasteiger partial charge >= 0.3 is 0 Å². The number of rotatable bonds is 5. The molecule has 1 N–H and O–H groups in total. The van der Waals surface area contributed by atoms with E-state index in [0.717, 1.165) is 24.7 Å². The topological polar surface area (TPSA) is 24.9 Å². The van der Waals surface area contributed by atoms with Crippen LogP contribution in [0.3, 0.4) is 0 Å². The zero-order valence-electron chi connectivity index (χ0n) is 10.6. The lowest BCUT2D eigenvalue weighted by Crippen LogP contribution is -2.15. The largest absolute Gasteiger partial charge is 0.310 e. The molecule has 1 aliphatic rings. The van der Waals surface area contributed by atoms with Gasteiger partial charge in [0.15, 0.2) is 0 Å². The summed E-state index contributed by atoms with van der Waals surface area (Å²) < 4.78 is 0. The van der Waals surface area contributed by atoms with E-state index in [0.29, 0.717) is 0 Å². The molecule has 3 rings (SSSR count). The van der Waals surface area contributed by atoms with Crippen LogP contribution < -0.4 is 5.32 Å². The first-order valence-electron chi connectivity index (χ1n) is 6.55. The second-order valence-electron chi connectivity index (χ2n) is 4.95.